The number of hydrogen-bond acceptors (Lipinski definition) is 2. The number of fused-ring (bicyclic) bond motifs is 9. The quantitative estimate of drug-likeness (QED) is 0.170. The zero-order chi connectivity index (χ0) is 36.7. The van der Waals surface area contributed by atoms with Crippen LogP contribution in [0.4, 0.5) is 0 Å². The van der Waals surface area contributed by atoms with Crippen LogP contribution in [0.5, 0.6) is 0 Å². The van der Waals surface area contributed by atoms with Crippen molar-refractivity contribution < 1.29 is 8.83 Å². The third-order valence-corrected chi connectivity index (χ3v) is 11.7. The van der Waals surface area contributed by atoms with Crippen LogP contribution in [0.1, 0.15) is 0 Å². The summed E-state index contributed by atoms with van der Waals surface area (Å²) >= 11 is 0. The van der Waals surface area contributed by atoms with Crippen molar-refractivity contribution in [2.45, 2.75) is 0 Å². The van der Waals surface area contributed by atoms with E-state index in [0.717, 1.165) is 66.1 Å². The van der Waals surface area contributed by atoms with E-state index in [4.69, 9.17) is 8.83 Å². The third kappa shape index (κ3) is 4.44. The molecule has 260 valence electrons. The number of furan rings is 2. The Balaban J connectivity index is 1.20. The van der Waals surface area contributed by atoms with Crippen molar-refractivity contribution in [1.29, 1.82) is 0 Å². The van der Waals surface area contributed by atoms with E-state index in [-0.39, 0.29) is 0 Å². The number of benzene rings is 10. The van der Waals surface area contributed by atoms with Gasteiger partial charge in [-0.3, -0.25) is 0 Å². The number of hydrogen-bond donors (Lipinski definition) is 0. The Morgan fingerprint density at radius 3 is 1.38 bits per heavy atom. The summed E-state index contributed by atoms with van der Waals surface area (Å²) in [7, 11) is 0. The maximum absolute atomic E-state index is 6.67. The Morgan fingerprint density at radius 1 is 0.232 bits per heavy atom. The van der Waals surface area contributed by atoms with E-state index in [2.05, 4.69) is 182 Å². The molecule has 0 radical (unpaired) electrons. The molecule has 0 saturated carbocycles. The molecule has 56 heavy (non-hydrogen) atoms. The predicted octanol–water partition coefficient (Wildman–Crippen LogP) is 15.6. The van der Waals surface area contributed by atoms with Crippen LogP contribution in [0.3, 0.4) is 0 Å². The highest BCUT2D eigenvalue weighted by Gasteiger charge is 2.24. The molecule has 0 aliphatic carbocycles. The van der Waals surface area contributed by atoms with Gasteiger partial charge in [0.25, 0.3) is 0 Å². The van der Waals surface area contributed by atoms with Gasteiger partial charge in [-0.15, -0.1) is 0 Å². The molecular formula is C54H32O2. The Morgan fingerprint density at radius 2 is 0.714 bits per heavy atom. The molecule has 2 heterocycles. The molecule has 12 aromatic rings. The maximum Gasteiger partial charge on any atom is 0.143 e. The fourth-order valence-electron chi connectivity index (χ4n) is 9.35. The lowest BCUT2D eigenvalue weighted by molar-refractivity contribution is 0.668. The monoisotopic (exact) mass is 712 g/mol. The zero-order valence-electron chi connectivity index (χ0n) is 30.3. The van der Waals surface area contributed by atoms with Crippen molar-refractivity contribution in [2.75, 3.05) is 0 Å². The lowest BCUT2D eigenvalue weighted by Crippen LogP contribution is -1.93. The van der Waals surface area contributed by atoms with Crippen LogP contribution >= 0.6 is 0 Å². The third-order valence-electron chi connectivity index (χ3n) is 11.7. The molecule has 0 saturated heterocycles. The second kappa shape index (κ2) is 12.0. The lowest BCUT2D eigenvalue weighted by Gasteiger charge is -2.20. The molecule has 0 N–H and O–H groups in total. The Bertz CT molecular complexity index is 3470. The van der Waals surface area contributed by atoms with E-state index in [1.54, 1.807) is 0 Å². The van der Waals surface area contributed by atoms with Crippen LogP contribution in [0.15, 0.2) is 203 Å². The Labute approximate surface area is 322 Å². The van der Waals surface area contributed by atoms with E-state index < -0.39 is 0 Å². The highest BCUT2D eigenvalue weighted by Crippen LogP contribution is 2.50. The van der Waals surface area contributed by atoms with Gasteiger partial charge in [0.2, 0.25) is 0 Å². The summed E-state index contributed by atoms with van der Waals surface area (Å²) in [5, 5.41) is 11.8. The zero-order valence-corrected chi connectivity index (χ0v) is 30.3. The fraction of sp³-hybridized carbons (Fsp3) is 0. The van der Waals surface area contributed by atoms with Crippen molar-refractivity contribution >= 4 is 76.2 Å². The first kappa shape index (κ1) is 31.0. The summed E-state index contributed by atoms with van der Waals surface area (Å²) in [5.74, 6) is 0. The minimum atomic E-state index is 0.864. The van der Waals surface area contributed by atoms with Crippen LogP contribution in [0.2, 0.25) is 0 Å². The Kier molecular flexibility index (Phi) is 6.66. The lowest BCUT2D eigenvalue weighted by atomic mass is 9.82. The predicted molar refractivity (Wildman–Crippen MR) is 235 cm³/mol. The summed E-state index contributed by atoms with van der Waals surface area (Å²) < 4.78 is 13.2. The topological polar surface area (TPSA) is 26.3 Å². The van der Waals surface area contributed by atoms with Crippen molar-refractivity contribution in [2.24, 2.45) is 0 Å². The minimum absolute atomic E-state index is 0.864. The molecule has 0 bridgehead atoms. The molecule has 0 atom stereocenters. The fourth-order valence-corrected chi connectivity index (χ4v) is 9.35. The first-order chi connectivity index (χ1) is 27.8. The van der Waals surface area contributed by atoms with E-state index in [9.17, 15) is 0 Å². The van der Waals surface area contributed by atoms with Gasteiger partial charge in [-0.25, -0.2) is 0 Å². The van der Waals surface area contributed by atoms with Gasteiger partial charge in [-0.2, -0.15) is 0 Å². The normalized spacial score (nSPS) is 11.9. The van der Waals surface area contributed by atoms with Crippen LogP contribution < -0.4 is 0 Å². The molecule has 0 aliphatic heterocycles. The maximum atomic E-state index is 6.67. The van der Waals surface area contributed by atoms with Crippen LogP contribution in [-0.2, 0) is 0 Å². The molecule has 0 unspecified atom stereocenters. The van der Waals surface area contributed by atoms with Gasteiger partial charge < -0.3 is 8.83 Å². The van der Waals surface area contributed by atoms with E-state index >= 15 is 0 Å². The average Bonchev–Trinajstić information content (AvgIpc) is 3.84. The minimum Gasteiger partial charge on any atom is -0.456 e. The van der Waals surface area contributed by atoms with Crippen LogP contribution in [0.25, 0.3) is 121 Å². The van der Waals surface area contributed by atoms with Gasteiger partial charge in [0.15, 0.2) is 0 Å². The van der Waals surface area contributed by atoms with E-state index in [0.29, 0.717) is 0 Å². The second-order valence-corrected chi connectivity index (χ2v) is 14.7. The highest BCUT2D eigenvalue weighted by atomic mass is 16.3. The molecular weight excluding hydrogens is 681 g/mol. The molecule has 12 rings (SSSR count). The first-order valence-corrected chi connectivity index (χ1v) is 19.2. The molecule has 0 spiro atoms. The van der Waals surface area contributed by atoms with Crippen molar-refractivity contribution in [3.05, 3.63) is 194 Å². The van der Waals surface area contributed by atoms with Gasteiger partial charge in [0, 0.05) is 32.7 Å². The summed E-state index contributed by atoms with van der Waals surface area (Å²) in [6.07, 6.45) is 0. The van der Waals surface area contributed by atoms with Gasteiger partial charge in [0.05, 0.1) is 0 Å². The van der Waals surface area contributed by atoms with Crippen molar-refractivity contribution in [1.82, 2.24) is 0 Å². The van der Waals surface area contributed by atoms with Gasteiger partial charge >= 0.3 is 0 Å². The second-order valence-electron chi connectivity index (χ2n) is 14.7. The van der Waals surface area contributed by atoms with Gasteiger partial charge in [-0.05, 0) is 90.0 Å². The molecule has 2 aromatic heterocycles. The largest absolute Gasteiger partial charge is 0.456 e. The SMILES string of the molecule is c1ccc(-c2c3ccccc3c(-c3ccc(-c4c(-c5cccc6c5oc5ccccc56)ccc5oc6ccccc6c45)c4ccccc34)c3ccccc23)cc1. The van der Waals surface area contributed by atoms with Gasteiger partial charge in [-0.1, -0.05) is 170 Å². The van der Waals surface area contributed by atoms with E-state index in [1.807, 2.05) is 12.1 Å². The standard InChI is InChI=1S/C54H32O2/c1-2-15-33(16-3-1)50-37-20-6-8-22-39(37)51(40-23-9-7-21-38(40)50)41-29-30-42(35-18-5-4-17-34(35)41)52-43(31-32-49-53(52)46-24-11-13-28-48(46)55-49)45-26-14-25-44-36-19-10-12-27-47(36)56-54(44)45/h1-32H. The molecule has 0 aliphatic rings. The Hall–Kier alpha value is -7.42. The smallest absolute Gasteiger partial charge is 0.143 e. The molecule has 2 nitrogen and oxygen atoms in total. The van der Waals surface area contributed by atoms with Crippen LogP contribution in [0, 0.1) is 0 Å². The summed E-state index contributed by atoms with van der Waals surface area (Å²) in [5.41, 5.74) is 12.9. The molecule has 0 amide bonds. The van der Waals surface area contributed by atoms with Gasteiger partial charge in [0.1, 0.15) is 22.3 Å². The number of para-hydroxylation sites is 3. The van der Waals surface area contributed by atoms with Crippen LogP contribution in [-0.4, -0.2) is 0 Å². The highest BCUT2D eigenvalue weighted by molar-refractivity contribution is 6.26. The van der Waals surface area contributed by atoms with E-state index in [1.165, 1.54) is 54.6 Å². The number of rotatable bonds is 4. The van der Waals surface area contributed by atoms with Crippen molar-refractivity contribution in [3.8, 4) is 44.5 Å². The molecule has 2 heteroatoms. The van der Waals surface area contributed by atoms with Crippen molar-refractivity contribution in [3.63, 3.8) is 0 Å². The first-order valence-electron chi connectivity index (χ1n) is 19.2. The molecule has 0 fully saturated rings. The molecule has 10 aromatic carbocycles. The summed E-state index contributed by atoms with van der Waals surface area (Å²) in [6, 6.07) is 69.7. The average molecular weight is 713 g/mol. The summed E-state index contributed by atoms with van der Waals surface area (Å²) in [6.45, 7) is 0. The summed E-state index contributed by atoms with van der Waals surface area (Å²) in [4.78, 5) is 0.